The van der Waals surface area contributed by atoms with Crippen LogP contribution < -0.4 is 4.74 Å². The second-order valence-corrected chi connectivity index (χ2v) is 3.50. The SMILES string of the molecule is N=C(Cc1ccccc1)Oc1ccccc1. The molecule has 80 valence electrons. The lowest BCUT2D eigenvalue weighted by molar-refractivity contribution is 0.533. The van der Waals surface area contributed by atoms with Crippen LogP contribution in [0.1, 0.15) is 5.56 Å². The standard InChI is InChI=1S/C14H13NO/c15-14(11-12-7-3-1-4-8-12)16-13-9-5-2-6-10-13/h1-10,15H,11H2. The molecular weight excluding hydrogens is 198 g/mol. The van der Waals surface area contributed by atoms with Gasteiger partial charge in [-0.3, -0.25) is 5.41 Å². The minimum atomic E-state index is 0.261. The lowest BCUT2D eigenvalue weighted by Crippen LogP contribution is -2.09. The van der Waals surface area contributed by atoms with Gasteiger partial charge < -0.3 is 4.74 Å². The summed E-state index contributed by atoms with van der Waals surface area (Å²) in [5.74, 6) is 0.973. The Kier molecular flexibility index (Phi) is 3.34. The van der Waals surface area contributed by atoms with E-state index < -0.39 is 0 Å². The quantitative estimate of drug-likeness (QED) is 0.613. The fraction of sp³-hybridized carbons (Fsp3) is 0.0714. The summed E-state index contributed by atoms with van der Waals surface area (Å²) in [6.07, 6.45) is 0.524. The molecule has 0 fully saturated rings. The molecule has 2 aromatic rings. The van der Waals surface area contributed by atoms with Crippen molar-refractivity contribution >= 4 is 5.90 Å². The van der Waals surface area contributed by atoms with Gasteiger partial charge in [-0.25, -0.2) is 0 Å². The Morgan fingerprint density at radius 2 is 1.44 bits per heavy atom. The zero-order chi connectivity index (χ0) is 11.2. The van der Waals surface area contributed by atoms with E-state index in [2.05, 4.69) is 0 Å². The molecule has 0 atom stereocenters. The van der Waals surface area contributed by atoms with Crippen LogP contribution in [0.2, 0.25) is 0 Å². The van der Waals surface area contributed by atoms with Crippen LogP contribution in [0.4, 0.5) is 0 Å². The van der Waals surface area contributed by atoms with Crippen LogP contribution >= 0.6 is 0 Å². The number of hydrogen-bond donors (Lipinski definition) is 1. The van der Waals surface area contributed by atoms with Crippen LogP contribution in [0.25, 0.3) is 0 Å². The van der Waals surface area contributed by atoms with Crippen molar-refractivity contribution in [2.45, 2.75) is 6.42 Å². The molecule has 0 amide bonds. The van der Waals surface area contributed by atoms with E-state index in [0.717, 1.165) is 5.56 Å². The summed E-state index contributed by atoms with van der Waals surface area (Å²) in [6, 6.07) is 19.3. The van der Waals surface area contributed by atoms with Crippen LogP contribution in [-0.4, -0.2) is 5.90 Å². The summed E-state index contributed by atoms with van der Waals surface area (Å²) in [5.41, 5.74) is 1.09. The minimum Gasteiger partial charge on any atom is -0.443 e. The Hall–Kier alpha value is -2.09. The van der Waals surface area contributed by atoms with Gasteiger partial charge in [0.2, 0.25) is 0 Å². The molecule has 16 heavy (non-hydrogen) atoms. The van der Waals surface area contributed by atoms with Crippen LogP contribution in [-0.2, 0) is 6.42 Å². The third-order valence-corrected chi connectivity index (χ3v) is 2.19. The van der Waals surface area contributed by atoms with E-state index in [-0.39, 0.29) is 5.90 Å². The van der Waals surface area contributed by atoms with Crippen molar-refractivity contribution in [1.82, 2.24) is 0 Å². The van der Waals surface area contributed by atoms with Crippen molar-refractivity contribution < 1.29 is 4.74 Å². The number of benzene rings is 2. The number of para-hydroxylation sites is 1. The van der Waals surface area contributed by atoms with E-state index in [1.165, 1.54) is 0 Å². The number of rotatable bonds is 3. The summed E-state index contributed by atoms with van der Waals surface area (Å²) >= 11 is 0. The van der Waals surface area contributed by atoms with Crippen LogP contribution in [0.15, 0.2) is 60.7 Å². The molecular formula is C14H13NO. The first-order valence-corrected chi connectivity index (χ1v) is 5.19. The Bertz CT molecular complexity index is 407. The molecule has 0 saturated carbocycles. The molecule has 2 rings (SSSR count). The molecule has 0 aromatic heterocycles. The first kappa shape index (κ1) is 10.4. The van der Waals surface area contributed by atoms with Gasteiger partial charge in [-0.05, 0) is 17.7 Å². The average Bonchev–Trinajstić information content (AvgIpc) is 2.31. The Morgan fingerprint density at radius 1 is 0.875 bits per heavy atom. The number of ether oxygens (including phenoxy) is 1. The van der Waals surface area contributed by atoms with Gasteiger partial charge in [0.1, 0.15) is 5.75 Å². The predicted molar refractivity (Wildman–Crippen MR) is 64.9 cm³/mol. The molecule has 2 nitrogen and oxygen atoms in total. The fourth-order valence-electron chi connectivity index (χ4n) is 1.45. The third kappa shape index (κ3) is 2.95. The maximum Gasteiger partial charge on any atom is 0.191 e. The second-order valence-electron chi connectivity index (χ2n) is 3.50. The summed E-state index contributed by atoms with van der Waals surface area (Å²) in [4.78, 5) is 0. The summed E-state index contributed by atoms with van der Waals surface area (Å²) in [7, 11) is 0. The van der Waals surface area contributed by atoms with E-state index in [0.29, 0.717) is 12.2 Å². The van der Waals surface area contributed by atoms with E-state index in [9.17, 15) is 0 Å². The van der Waals surface area contributed by atoms with Gasteiger partial charge in [-0.15, -0.1) is 0 Å². The Balaban J connectivity index is 1.95. The molecule has 0 bridgehead atoms. The summed E-state index contributed by atoms with van der Waals surface area (Å²) in [5, 5.41) is 7.74. The highest BCUT2D eigenvalue weighted by Crippen LogP contribution is 2.10. The van der Waals surface area contributed by atoms with Gasteiger partial charge in [0.25, 0.3) is 0 Å². The normalized spacial score (nSPS) is 9.75. The van der Waals surface area contributed by atoms with Crippen molar-refractivity contribution in [1.29, 1.82) is 5.41 Å². The van der Waals surface area contributed by atoms with Gasteiger partial charge >= 0.3 is 0 Å². The first-order valence-electron chi connectivity index (χ1n) is 5.19. The molecule has 0 aliphatic rings. The highest BCUT2D eigenvalue weighted by molar-refractivity contribution is 5.77. The molecule has 0 unspecified atom stereocenters. The second kappa shape index (κ2) is 5.12. The van der Waals surface area contributed by atoms with Crippen LogP contribution in [0.5, 0.6) is 5.75 Å². The maximum atomic E-state index is 7.74. The van der Waals surface area contributed by atoms with Gasteiger partial charge in [0, 0.05) is 6.42 Å². The van der Waals surface area contributed by atoms with E-state index in [1.807, 2.05) is 60.7 Å². The molecule has 1 N–H and O–H groups in total. The van der Waals surface area contributed by atoms with Crippen molar-refractivity contribution in [2.24, 2.45) is 0 Å². The molecule has 0 spiro atoms. The molecule has 0 heterocycles. The molecule has 0 aliphatic carbocycles. The molecule has 2 aromatic carbocycles. The van der Waals surface area contributed by atoms with E-state index >= 15 is 0 Å². The highest BCUT2D eigenvalue weighted by atomic mass is 16.5. The zero-order valence-electron chi connectivity index (χ0n) is 8.89. The predicted octanol–water partition coefficient (Wildman–Crippen LogP) is 3.29. The monoisotopic (exact) mass is 211 g/mol. The van der Waals surface area contributed by atoms with E-state index in [1.54, 1.807) is 0 Å². The number of nitrogens with one attached hydrogen (secondary N) is 1. The molecule has 0 saturated heterocycles. The average molecular weight is 211 g/mol. The van der Waals surface area contributed by atoms with Crippen molar-refractivity contribution in [3.63, 3.8) is 0 Å². The van der Waals surface area contributed by atoms with Gasteiger partial charge in [0.15, 0.2) is 5.90 Å². The largest absolute Gasteiger partial charge is 0.443 e. The van der Waals surface area contributed by atoms with Crippen LogP contribution in [0, 0.1) is 5.41 Å². The minimum absolute atomic E-state index is 0.261. The van der Waals surface area contributed by atoms with Gasteiger partial charge in [-0.1, -0.05) is 48.5 Å². The molecule has 0 aliphatic heterocycles. The summed E-state index contributed by atoms with van der Waals surface area (Å²) in [6.45, 7) is 0. The lowest BCUT2D eigenvalue weighted by Gasteiger charge is -2.06. The van der Waals surface area contributed by atoms with Crippen molar-refractivity contribution in [2.75, 3.05) is 0 Å². The van der Waals surface area contributed by atoms with Crippen molar-refractivity contribution in [3.05, 3.63) is 66.2 Å². The van der Waals surface area contributed by atoms with E-state index in [4.69, 9.17) is 10.1 Å². The fourth-order valence-corrected chi connectivity index (χ4v) is 1.45. The highest BCUT2D eigenvalue weighted by Gasteiger charge is 2.01. The number of hydrogen-bond acceptors (Lipinski definition) is 2. The zero-order valence-corrected chi connectivity index (χ0v) is 8.89. The molecule has 0 radical (unpaired) electrons. The molecule has 2 heteroatoms. The Morgan fingerprint density at radius 3 is 2.06 bits per heavy atom. The van der Waals surface area contributed by atoms with Gasteiger partial charge in [-0.2, -0.15) is 0 Å². The van der Waals surface area contributed by atoms with Gasteiger partial charge in [0.05, 0.1) is 0 Å². The topological polar surface area (TPSA) is 33.1 Å². The summed E-state index contributed by atoms with van der Waals surface area (Å²) < 4.78 is 5.40. The Labute approximate surface area is 95.0 Å². The smallest absolute Gasteiger partial charge is 0.191 e. The maximum absolute atomic E-state index is 7.74. The van der Waals surface area contributed by atoms with Crippen LogP contribution in [0.3, 0.4) is 0 Å². The van der Waals surface area contributed by atoms with Crippen molar-refractivity contribution in [3.8, 4) is 5.75 Å². The lowest BCUT2D eigenvalue weighted by atomic mass is 10.1. The third-order valence-electron chi connectivity index (χ3n) is 2.19. The first-order chi connectivity index (χ1) is 7.84.